The summed E-state index contributed by atoms with van der Waals surface area (Å²) in [5.41, 5.74) is 6.38. The van der Waals surface area contributed by atoms with E-state index in [2.05, 4.69) is 40.3 Å². The van der Waals surface area contributed by atoms with E-state index in [9.17, 15) is 5.21 Å². The third kappa shape index (κ3) is 2.81. The van der Waals surface area contributed by atoms with Gasteiger partial charge < -0.3 is 5.21 Å². The highest BCUT2D eigenvalue weighted by Gasteiger charge is 2.17. The quantitative estimate of drug-likeness (QED) is 0.393. The number of fused-ring (bicyclic) bond motifs is 2. The minimum absolute atomic E-state index is 0.488. The first-order valence-corrected chi connectivity index (χ1v) is 9.64. The lowest BCUT2D eigenvalue weighted by Gasteiger charge is -2.11. The van der Waals surface area contributed by atoms with E-state index in [4.69, 9.17) is 0 Å². The van der Waals surface area contributed by atoms with Crippen molar-refractivity contribution in [1.29, 1.82) is 0 Å². The molecule has 0 saturated carbocycles. The van der Waals surface area contributed by atoms with Gasteiger partial charge in [-0.05, 0) is 77.9 Å². The summed E-state index contributed by atoms with van der Waals surface area (Å²) < 4.78 is 1.82. The van der Waals surface area contributed by atoms with Gasteiger partial charge in [0, 0.05) is 29.8 Å². The number of hydrogen-bond acceptors (Lipinski definition) is 4. The Balaban J connectivity index is 1.62. The van der Waals surface area contributed by atoms with Crippen molar-refractivity contribution in [2.75, 3.05) is 0 Å². The molecule has 0 atom stereocenters. The minimum Gasteiger partial charge on any atom is -0.594 e. The fourth-order valence-electron chi connectivity index (χ4n) is 4.00. The van der Waals surface area contributed by atoms with Gasteiger partial charge in [-0.1, -0.05) is 12.1 Å². The summed E-state index contributed by atoms with van der Waals surface area (Å²) in [7, 11) is 1.92. The molecule has 4 aromatic rings. The van der Waals surface area contributed by atoms with Gasteiger partial charge in [0.05, 0.1) is 5.52 Å². The van der Waals surface area contributed by atoms with Gasteiger partial charge in [-0.3, -0.25) is 4.68 Å². The second kappa shape index (κ2) is 6.41. The van der Waals surface area contributed by atoms with Crippen molar-refractivity contribution in [3.05, 3.63) is 59.2 Å². The molecule has 0 saturated heterocycles. The highest BCUT2D eigenvalue weighted by Crippen LogP contribution is 2.29. The first-order valence-electron chi connectivity index (χ1n) is 9.64. The summed E-state index contributed by atoms with van der Waals surface area (Å²) in [5, 5.41) is 22.4. The van der Waals surface area contributed by atoms with E-state index in [1.54, 1.807) is 0 Å². The summed E-state index contributed by atoms with van der Waals surface area (Å²) in [4.78, 5) is 5.37. The zero-order chi connectivity index (χ0) is 19.3. The molecule has 2 heterocycles. The first-order chi connectivity index (χ1) is 13.6. The maximum absolute atomic E-state index is 12.6. The van der Waals surface area contributed by atoms with Crippen molar-refractivity contribution >= 4 is 27.5 Å². The second-order valence-corrected chi connectivity index (χ2v) is 7.52. The van der Waals surface area contributed by atoms with Crippen LogP contribution in [0.2, 0.25) is 0 Å². The molecule has 0 radical (unpaired) electrons. The van der Waals surface area contributed by atoms with Crippen LogP contribution in [0.25, 0.3) is 38.6 Å². The molecule has 1 aliphatic rings. The van der Waals surface area contributed by atoms with Crippen molar-refractivity contribution in [3.63, 3.8) is 0 Å². The summed E-state index contributed by atoms with van der Waals surface area (Å²) in [6.45, 7) is 2.06. The molecule has 6 heteroatoms. The van der Waals surface area contributed by atoms with Crippen LogP contribution in [0.4, 0.5) is 0 Å². The summed E-state index contributed by atoms with van der Waals surface area (Å²) in [6.07, 6.45) is 8.46. The molecule has 28 heavy (non-hydrogen) atoms. The molecule has 2 aromatic carbocycles. The van der Waals surface area contributed by atoms with Gasteiger partial charge in [0.15, 0.2) is 0 Å². The van der Waals surface area contributed by atoms with E-state index in [0.717, 1.165) is 52.4 Å². The number of hydrogen-bond donors (Lipinski definition) is 0. The van der Waals surface area contributed by atoms with E-state index in [1.165, 1.54) is 6.42 Å². The van der Waals surface area contributed by atoms with Gasteiger partial charge in [-0.25, -0.2) is 4.98 Å². The largest absolute Gasteiger partial charge is 0.594 e. The van der Waals surface area contributed by atoms with E-state index in [0.29, 0.717) is 21.7 Å². The zero-order valence-electron chi connectivity index (χ0n) is 16.0. The Morgan fingerprint density at radius 3 is 2.82 bits per heavy atom. The van der Waals surface area contributed by atoms with Crippen LogP contribution in [-0.2, 0) is 7.05 Å². The van der Waals surface area contributed by atoms with Crippen molar-refractivity contribution in [3.8, 4) is 11.1 Å². The van der Waals surface area contributed by atoms with Crippen LogP contribution in [0.5, 0.6) is 0 Å². The Kier molecular flexibility index (Phi) is 3.86. The molecule has 0 aliphatic heterocycles. The highest BCUT2D eigenvalue weighted by molar-refractivity contribution is 5.89. The van der Waals surface area contributed by atoms with Crippen molar-refractivity contribution in [2.24, 2.45) is 7.05 Å². The average molecular weight is 371 g/mol. The van der Waals surface area contributed by atoms with Crippen LogP contribution in [0.1, 0.15) is 37.1 Å². The van der Waals surface area contributed by atoms with Gasteiger partial charge in [-0.15, -0.1) is 0 Å². The smallest absolute Gasteiger partial charge is 0.271 e. The van der Waals surface area contributed by atoms with Gasteiger partial charge in [0.1, 0.15) is 5.52 Å². The molecule has 0 fully saturated rings. The number of rotatable bonds is 2. The number of aryl methyl sites for hydroxylation is 2. The zero-order valence-corrected chi connectivity index (χ0v) is 16.0. The molecular formula is C22H21N5O. The van der Waals surface area contributed by atoms with Crippen LogP contribution >= 0.6 is 0 Å². The third-order valence-electron chi connectivity index (χ3n) is 5.42. The van der Waals surface area contributed by atoms with Gasteiger partial charge in [0.25, 0.3) is 5.52 Å². The Morgan fingerprint density at radius 2 is 2.00 bits per heavy atom. The first kappa shape index (κ1) is 16.9. The molecule has 1 aliphatic carbocycles. The SMILES string of the molecule is Cc1cc(-c2ccc3nc(C4=CCCCC4)n[n+]([O-])c3c2)cc2cn(C)nc12. The van der Waals surface area contributed by atoms with Crippen molar-refractivity contribution in [2.45, 2.75) is 32.6 Å². The predicted octanol–water partition coefficient (Wildman–Crippen LogP) is 4.08. The molecule has 0 N–H and O–H groups in total. The Hall–Kier alpha value is -3.28. The molecule has 5 rings (SSSR count). The lowest BCUT2D eigenvalue weighted by atomic mass is 9.99. The van der Waals surface area contributed by atoms with E-state index >= 15 is 0 Å². The normalized spacial score (nSPS) is 14.6. The van der Waals surface area contributed by atoms with Crippen molar-refractivity contribution < 1.29 is 4.85 Å². The third-order valence-corrected chi connectivity index (χ3v) is 5.42. The topological polar surface area (TPSA) is 70.5 Å². The monoisotopic (exact) mass is 371 g/mol. The molecule has 140 valence electrons. The van der Waals surface area contributed by atoms with E-state index in [1.807, 2.05) is 36.1 Å². The van der Waals surface area contributed by atoms with Gasteiger partial charge in [-0.2, -0.15) is 5.10 Å². The summed E-state index contributed by atoms with van der Waals surface area (Å²) in [6, 6.07) is 10.0. The van der Waals surface area contributed by atoms with Gasteiger partial charge >= 0.3 is 0 Å². The molecule has 0 unspecified atom stereocenters. The lowest BCUT2D eigenvalue weighted by molar-refractivity contribution is -0.643. The van der Waals surface area contributed by atoms with Gasteiger partial charge in [0.2, 0.25) is 5.82 Å². The number of benzene rings is 2. The molecular weight excluding hydrogens is 350 g/mol. The minimum atomic E-state index is 0.488. The highest BCUT2D eigenvalue weighted by atomic mass is 16.5. The number of allylic oxidation sites excluding steroid dienone is 2. The fraction of sp³-hybridized carbons (Fsp3) is 0.273. The number of nitrogens with zero attached hydrogens (tertiary/aromatic N) is 5. The van der Waals surface area contributed by atoms with Crippen LogP contribution in [-0.4, -0.2) is 19.9 Å². The summed E-state index contributed by atoms with van der Waals surface area (Å²) >= 11 is 0. The van der Waals surface area contributed by atoms with E-state index in [-0.39, 0.29) is 0 Å². The molecule has 0 amide bonds. The summed E-state index contributed by atoms with van der Waals surface area (Å²) in [5.74, 6) is 0.558. The van der Waals surface area contributed by atoms with Crippen LogP contribution in [0, 0.1) is 12.1 Å². The molecule has 0 bridgehead atoms. The van der Waals surface area contributed by atoms with Crippen LogP contribution in [0.15, 0.2) is 42.6 Å². The standard InChI is InChI=1S/C22H21N5O/c1-14-10-17(11-18-13-26(2)24-21(14)18)16-8-9-19-20(12-16)27(28)25-22(23-19)15-6-4-3-5-7-15/h6,8-13H,3-5,7H2,1-2H3. The Labute approximate surface area is 162 Å². The lowest BCUT2D eigenvalue weighted by Crippen LogP contribution is -2.34. The average Bonchev–Trinajstić information content (AvgIpc) is 3.09. The van der Waals surface area contributed by atoms with E-state index < -0.39 is 0 Å². The molecule has 6 nitrogen and oxygen atoms in total. The van der Waals surface area contributed by atoms with Crippen LogP contribution < -0.4 is 4.85 Å². The maximum atomic E-state index is 12.6. The maximum Gasteiger partial charge on any atom is 0.271 e. The Bertz CT molecular complexity index is 1250. The second-order valence-electron chi connectivity index (χ2n) is 7.52. The molecule has 0 spiro atoms. The molecule has 2 aromatic heterocycles. The van der Waals surface area contributed by atoms with Crippen molar-refractivity contribution in [1.82, 2.24) is 19.9 Å². The number of aromatic nitrogens is 5. The predicted molar refractivity (Wildman–Crippen MR) is 109 cm³/mol. The Morgan fingerprint density at radius 1 is 1.11 bits per heavy atom. The van der Waals surface area contributed by atoms with Crippen LogP contribution in [0.3, 0.4) is 0 Å². The fourth-order valence-corrected chi connectivity index (χ4v) is 4.00.